The van der Waals surface area contributed by atoms with Gasteiger partial charge in [-0.2, -0.15) is 0 Å². The van der Waals surface area contributed by atoms with Gasteiger partial charge in [0.1, 0.15) is 18.4 Å². The van der Waals surface area contributed by atoms with Gasteiger partial charge in [-0.1, -0.05) is 91.2 Å². The van der Waals surface area contributed by atoms with Gasteiger partial charge in [-0.25, -0.2) is 12.8 Å². The number of rotatable bonds is 14. The van der Waals surface area contributed by atoms with Crippen LogP contribution < -0.4 is 9.62 Å². The number of nitrogens with one attached hydrogen (secondary N) is 1. The van der Waals surface area contributed by atoms with Crippen molar-refractivity contribution in [2.24, 2.45) is 0 Å². The van der Waals surface area contributed by atoms with Crippen molar-refractivity contribution in [1.82, 2.24) is 10.2 Å². The maximum atomic E-state index is 15.0. The molecule has 0 radical (unpaired) electrons. The summed E-state index contributed by atoms with van der Waals surface area (Å²) in [6, 6.07) is 26.6. The molecule has 0 aromatic heterocycles. The van der Waals surface area contributed by atoms with E-state index < -0.39 is 40.2 Å². The van der Waals surface area contributed by atoms with Crippen LogP contribution in [0.2, 0.25) is 5.02 Å². The Morgan fingerprint density at radius 3 is 2.18 bits per heavy atom. The average Bonchev–Trinajstić information content (AvgIpc) is 3.03. The Labute approximate surface area is 269 Å². The summed E-state index contributed by atoms with van der Waals surface area (Å²) >= 11 is 6.03. The zero-order valence-corrected chi connectivity index (χ0v) is 26.9. The lowest BCUT2D eigenvalue weighted by atomic mass is 10.0. The van der Waals surface area contributed by atoms with E-state index in [9.17, 15) is 18.0 Å². The highest BCUT2D eigenvalue weighted by molar-refractivity contribution is 7.92. The summed E-state index contributed by atoms with van der Waals surface area (Å²) in [6.07, 6.45) is 1.74. The maximum absolute atomic E-state index is 15.0. The van der Waals surface area contributed by atoms with Gasteiger partial charge >= 0.3 is 0 Å². The maximum Gasteiger partial charge on any atom is 0.264 e. The highest BCUT2D eigenvalue weighted by atomic mass is 35.5. The zero-order chi connectivity index (χ0) is 32.4. The van der Waals surface area contributed by atoms with Gasteiger partial charge in [0.15, 0.2) is 0 Å². The van der Waals surface area contributed by atoms with Crippen LogP contribution in [-0.4, -0.2) is 44.3 Å². The molecule has 7 nitrogen and oxygen atoms in total. The molecule has 0 aliphatic carbocycles. The Hall–Kier alpha value is -4.21. The number of nitrogens with zero attached hydrogens (tertiary/aromatic N) is 2. The first-order chi connectivity index (χ1) is 21.6. The van der Waals surface area contributed by atoms with E-state index in [-0.39, 0.29) is 29.1 Å². The van der Waals surface area contributed by atoms with Crippen molar-refractivity contribution in [2.45, 2.75) is 50.6 Å². The Morgan fingerprint density at radius 2 is 1.53 bits per heavy atom. The minimum absolute atomic E-state index is 0.0564. The van der Waals surface area contributed by atoms with E-state index in [0.29, 0.717) is 11.6 Å². The van der Waals surface area contributed by atoms with E-state index in [2.05, 4.69) is 5.32 Å². The molecule has 0 fully saturated rings. The van der Waals surface area contributed by atoms with Gasteiger partial charge in [0, 0.05) is 30.1 Å². The largest absolute Gasteiger partial charge is 0.354 e. The third kappa shape index (κ3) is 8.93. The predicted octanol–water partition coefficient (Wildman–Crippen LogP) is 6.54. The molecule has 236 valence electrons. The van der Waals surface area contributed by atoms with Gasteiger partial charge in [-0.3, -0.25) is 13.9 Å². The minimum Gasteiger partial charge on any atom is -0.354 e. The second kappa shape index (κ2) is 15.7. The number of hydrogen-bond acceptors (Lipinski definition) is 4. The van der Waals surface area contributed by atoms with Crippen molar-refractivity contribution in [1.29, 1.82) is 0 Å². The van der Waals surface area contributed by atoms with E-state index in [1.165, 1.54) is 35.2 Å². The topological polar surface area (TPSA) is 86.8 Å². The standard InChI is InChI=1S/C35H37ClFN3O4S/c1-3-4-22-38-35(42)33(23-27-10-6-5-7-11-27)39(24-28-12-8-9-13-32(28)37)34(41)25-40(30-18-14-26(2)15-19-30)45(43,44)31-20-16-29(36)17-21-31/h5-21,33H,3-4,22-25H2,1-2H3,(H,38,42)/t33-/m1/s1. The van der Waals surface area contributed by atoms with Crippen LogP contribution >= 0.6 is 11.6 Å². The van der Waals surface area contributed by atoms with Gasteiger partial charge in [0.25, 0.3) is 10.0 Å². The first kappa shape index (κ1) is 33.7. The Balaban J connectivity index is 1.79. The van der Waals surface area contributed by atoms with Crippen molar-refractivity contribution in [2.75, 3.05) is 17.4 Å². The molecular formula is C35H37ClFN3O4S. The Morgan fingerprint density at radius 1 is 0.889 bits per heavy atom. The fourth-order valence-corrected chi connectivity index (χ4v) is 6.38. The molecule has 0 bridgehead atoms. The number of carbonyl (C=O) groups excluding carboxylic acids is 2. The lowest BCUT2D eigenvalue weighted by Crippen LogP contribution is -2.53. The zero-order valence-electron chi connectivity index (χ0n) is 25.3. The van der Waals surface area contributed by atoms with Crippen LogP contribution in [0, 0.1) is 12.7 Å². The molecular weight excluding hydrogens is 613 g/mol. The molecule has 4 rings (SSSR count). The second-order valence-corrected chi connectivity index (χ2v) is 13.1. The van der Waals surface area contributed by atoms with E-state index in [1.807, 2.05) is 44.2 Å². The summed E-state index contributed by atoms with van der Waals surface area (Å²) < 4.78 is 44.1. The van der Waals surface area contributed by atoms with Gasteiger partial charge in [0.05, 0.1) is 10.6 Å². The van der Waals surface area contributed by atoms with E-state index in [4.69, 9.17) is 11.6 Å². The van der Waals surface area contributed by atoms with Crippen molar-refractivity contribution in [3.8, 4) is 0 Å². The molecule has 0 saturated heterocycles. The summed E-state index contributed by atoms with van der Waals surface area (Å²) in [5.74, 6) is -1.60. The number of sulfonamides is 1. The molecule has 1 N–H and O–H groups in total. The fourth-order valence-electron chi connectivity index (χ4n) is 4.84. The molecule has 0 spiro atoms. The van der Waals surface area contributed by atoms with Gasteiger partial charge in [-0.15, -0.1) is 0 Å². The molecule has 0 aliphatic heterocycles. The van der Waals surface area contributed by atoms with E-state index >= 15 is 4.39 Å². The van der Waals surface area contributed by atoms with Crippen LogP contribution in [0.4, 0.5) is 10.1 Å². The second-order valence-electron chi connectivity index (χ2n) is 10.8. The monoisotopic (exact) mass is 649 g/mol. The molecule has 0 unspecified atom stereocenters. The highest BCUT2D eigenvalue weighted by Gasteiger charge is 2.35. The fraction of sp³-hybridized carbons (Fsp3) is 0.257. The lowest BCUT2D eigenvalue weighted by Gasteiger charge is -2.34. The average molecular weight is 650 g/mol. The van der Waals surface area contributed by atoms with Crippen molar-refractivity contribution in [3.63, 3.8) is 0 Å². The van der Waals surface area contributed by atoms with E-state index in [1.54, 1.807) is 42.5 Å². The summed E-state index contributed by atoms with van der Waals surface area (Å²) in [4.78, 5) is 29.4. The molecule has 4 aromatic rings. The Kier molecular flexibility index (Phi) is 11.7. The molecule has 0 heterocycles. The van der Waals surface area contributed by atoms with Crippen LogP contribution in [0.1, 0.15) is 36.5 Å². The van der Waals surface area contributed by atoms with Crippen LogP contribution in [0.3, 0.4) is 0 Å². The molecule has 45 heavy (non-hydrogen) atoms. The first-order valence-corrected chi connectivity index (χ1v) is 16.6. The van der Waals surface area contributed by atoms with Gasteiger partial charge in [-0.05, 0) is 61.4 Å². The number of amides is 2. The van der Waals surface area contributed by atoms with E-state index in [0.717, 1.165) is 28.3 Å². The summed E-state index contributed by atoms with van der Waals surface area (Å²) in [6.45, 7) is 3.41. The minimum atomic E-state index is -4.26. The predicted molar refractivity (Wildman–Crippen MR) is 176 cm³/mol. The first-order valence-electron chi connectivity index (χ1n) is 14.8. The lowest BCUT2D eigenvalue weighted by molar-refractivity contribution is -0.140. The number of hydrogen-bond donors (Lipinski definition) is 1. The number of unbranched alkanes of at least 4 members (excludes halogenated alkanes) is 1. The summed E-state index contributed by atoms with van der Waals surface area (Å²) in [7, 11) is -4.26. The number of anilines is 1. The van der Waals surface area contributed by atoms with Crippen LogP contribution in [0.15, 0.2) is 108 Å². The molecule has 10 heteroatoms. The third-order valence-electron chi connectivity index (χ3n) is 7.40. The molecule has 0 aliphatic rings. The normalized spacial score (nSPS) is 11.9. The quantitative estimate of drug-likeness (QED) is 0.157. The highest BCUT2D eigenvalue weighted by Crippen LogP contribution is 2.26. The Bertz CT molecular complexity index is 1680. The van der Waals surface area contributed by atoms with Gasteiger partial charge in [0.2, 0.25) is 11.8 Å². The number of benzene rings is 4. The van der Waals surface area contributed by atoms with Crippen molar-refractivity contribution in [3.05, 3.63) is 131 Å². The number of halogens is 2. The molecule has 2 amide bonds. The van der Waals surface area contributed by atoms with Crippen LogP contribution in [-0.2, 0) is 32.6 Å². The smallest absolute Gasteiger partial charge is 0.264 e. The molecule has 1 atom stereocenters. The number of carbonyl (C=O) groups is 2. The summed E-state index contributed by atoms with van der Waals surface area (Å²) in [5.41, 5.74) is 2.17. The van der Waals surface area contributed by atoms with Crippen LogP contribution in [0.5, 0.6) is 0 Å². The molecule has 0 saturated carbocycles. The van der Waals surface area contributed by atoms with Gasteiger partial charge < -0.3 is 10.2 Å². The van der Waals surface area contributed by atoms with Crippen molar-refractivity contribution < 1.29 is 22.4 Å². The van der Waals surface area contributed by atoms with Crippen LogP contribution in [0.25, 0.3) is 0 Å². The SMILES string of the molecule is CCCCNC(=O)[C@@H](Cc1ccccc1)N(Cc1ccccc1F)C(=O)CN(c1ccc(C)cc1)S(=O)(=O)c1ccc(Cl)cc1. The van der Waals surface area contributed by atoms with Crippen molar-refractivity contribution >= 4 is 39.1 Å². The number of aryl methyl sites for hydroxylation is 1. The third-order valence-corrected chi connectivity index (χ3v) is 9.44. The summed E-state index contributed by atoms with van der Waals surface area (Å²) in [5, 5.41) is 3.28. The molecule has 4 aromatic carbocycles.